The number of hydrogen-bond donors (Lipinski definition) is 1. The van der Waals surface area contributed by atoms with Crippen molar-refractivity contribution in [1.82, 2.24) is 20.0 Å². The van der Waals surface area contributed by atoms with E-state index in [1.165, 1.54) is 0 Å². The summed E-state index contributed by atoms with van der Waals surface area (Å²) in [6.07, 6.45) is -0.441. The van der Waals surface area contributed by atoms with Crippen molar-refractivity contribution < 1.29 is 9.53 Å². The average molecular weight is 349 g/mol. The van der Waals surface area contributed by atoms with Gasteiger partial charge in [-0.25, -0.2) is 4.79 Å². The van der Waals surface area contributed by atoms with Crippen molar-refractivity contribution >= 4 is 5.97 Å². The Morgan fingerprint density at radius 1 is 1.31 bits per heavy atom. The standard InChI is InChI=1S/C19H19N5O2/c1-11-18(12(2)24(4)23-11)16-9-17(22-21-16)19(25)26-13(3)15-7-5-14(10-20)6-8-15/h5-9,13H,1-4H3,(H,21,22)/t13-/m0/s1. The van der Waals surface area contributed by atoms with Crippen molar-refractivity contribution in [2.45, 2.75) is 26.9 Å². The second-order valence-corrected chi connectivity index (χ2v) is 6.12. The maximum absolute atomic E-state index is 12.4. The molecule has 0 amide bonds. The van der Waals surface area contributed by atoms with Crippen LogP contribution in [0.2, 0.25) is 0 Å². The number of nitrogens with zero attached hydrogens (tertiary/aromatic N) is 4. The summed E-state index contributed by atoms with van der Waals surface area (Å²) in [5.74, 6) is -0.486. The number of esters is 1. The van der Waals surface area contributed by atoms with Crippen LogP contribution in [0.1, 0.15) is 46.0 Å². The second kappa shape index (κ2) is 6.84. The molecule has 1 aromatic carbocycles. The lowest BCUT2D eigenvalue weighted by molar-refractivity contribution is 0.0331. The molecule has 2 heterocycles. The number of aryl methyl sites for hydroxylation is 2. The first-order valence-electron chi connectivity index (χ1n) is 8.17. The highest BCUT2D eigenvalue weighted by atomic mass is 16.5. The molecule has 7 heteroatoms. The Labute approximate surface area is 151 Å². The van der Waals surface area contributed by atoms with Crippen LogP contribution in [0.25, 0.3) is 11.3 Å². The van der Waals surface area contributed by atoms with E-state index in [2.05, 4.69) is 21.4 Å². The van der Waals surface area contributed by atoms with E-state index in [-0.39, 0.29) is 5.69 Å². The number of aromatic amines is 1. The Hall–Kier alpha value is -3.40. The molecule has 0 aliphatic heterocycles. The molecule has 3 rings (SSSR count). The molecule has 0 spiro atoms. The van der Waals surface area contributed by atoms with E-state index in [4.69, 9.17) is 10.00 Å². The van der Waals surface area contributed by atoms with Gasteiger partial charge < -0.3 is 4.74 Å². The topological polar surface area (TPSA) is 96.6 Å². The molecule has 0 radical (unpaired) electrons. The molecule has 7 nitrogen and oxygen atoms in total. The van der Waals surface area contributed by atoms with Gasteiger partial charge in [0, 0.05) is 18.3 Å². The second-order valence-electron chi connectivity index (χ2n) is 6.12. The van der Waals surface area contributed by atoms with E-state index >= 15 is 0 Å². The van der Waals surface area contributed by atoms with Crippen LogP contribution in [0.15, 0.2) is 30.3 Å². The summed E-state index contributed by atoms with van der Waals surface area (Å²) in [7, 11) is 1.87. The molecule has 0 aliphatic rings. The number of carbonyl (C=O) groups is 1. The number of ether oxygens (including phenoxy) is 1. The fourth-order valence-corrected chi connectivity index (χ4v) is 2.82. The van der Waals surface area contributed by atoms with Crippen LogP contribution in [0, 0.1) is 25.2 Å². The number of carbonyl (C=O) groups excluding carboxylic acids is 1. The number of H-pyrrole nitrogens is 1. The van der Waals surface area contributed by atoms with Crippen LogP contribution >= 0.6 is 0 Å². The Bertz CT molecular complexity index is 992. The smallest absolute Gasteiger partial charge is 0.356 e. The number of rotatable bonds is 4. The van der Waals surface area contributed by atoms with Gasteiger partial charge in [-0.3, -0.25) is 9.78 Å². The van der Waals surface area contributed by atoms with E-state index in [0.717, 1.165) is 22.5 Å². The zero-order valence-corrected chi connectivity index (χ0v) is 15.1. The normalized spacial score (nSPS) is 11.8. The van der Waals surface area contributed by atoms with E-state index < -0.39 is 12.1 Å². The molecule has 26 heavy (non-hydrogen) atoms. The predicted molar refractivity (Wildman–Crippen MR) is 95.3 cm³/mol. The third-order valence-corrected chi connectivity index (χ3v) is 4.36. The average Bonchev–Trinajstić information content (AvgIpc) is 3.20. The van der Waals surface area contributed by atoms with Crippen LogP contribution in [0.5, 0.6) is 0 Å². The predicted octanol–water partition coefficient (Wildman–Crippen LogP) is 3.22. The fraction of sp³-hybridized carbons (Fsp3) is 0.263. The van der Waals surface area contributed by atoms with Crippen molar-refractivity contribution in [3.63, 3.8) is 0 Å². The van der Waals surface area contributed by atoms with Gasteiger partial charge in [0.2, 0.25) is 0 Å². The minimum Gasteiger partial charge on any atom is -0.453 e. The van der Waals surface area contributed by atoms with E-state index in [0.29, 0.717) is 11.3 Å². The summed E-state index contributed by atoms with van der Waals surface area (Å²) in [5, 5.41) is 20.2. The quantitative estimate of drug-likeness (QED) is 0.730. The number of aromatic nitrogens is 4. The lowest BCUT2D eigenvalue weighted by Gasteiger charge is -2.12. The number of nitrogens with one attached hydrogen (secondary N) is 1. The third kappa shape index (κ3) is 3.22. The minimum atomic E-state index is -0.486. The van der Waals surface area contributed by atoms with Gasteiger partial charge in [0.05, 0.1) is 23.0 Å². The first kappa shape index (κ1) is 17.4. The third-order valence-electron chi connectivity index (χ3n) is 4.36. The Morgan fingerprint density at radius 3 is 2.58 bits per heavy atom. The minimum absolute atomic E-state index is 0.281. The molecule has 2 aromatic heterocycles. The largest absolute Gasteiger partial charge is 0.453 e. The summed E-state index contributed by atoms with van der Waals surface area (Å²) in [6.45, 7) is 5.64. The molecule has 1 N–H and O–H groups in total. The van der Waals surface area contributed by atoms with Crippen molar-refractivity contribution in [3.05, 3.63) is 58.5 Å². The van der Waals surface area contributed by atoms with Crippen molar-refractivity contribution in [2.24, 2.45) is 7.05 Å². The highest BCUT2D eigenvalue weighted by Gasteiger charge is 2.19. The monoisotopic (exact) mass is 349 g/mol. The Morgan fingerprint density at radius 2 is 2.00 bits per heavy atom. The van der Waals surface area contributed by atoms with E-state index in [9.17, 15) is 4.79 Å². The molecule has 0 unspecified atom stereocenters. The maximum Gasteiger partial charge on any atom is 0.356 e. The lowest BCUT2D eigenvalue weighted by Crippen LogP contribution is -2.09. The maximum atomic E-state index is 12.4. The van der Waals surface area contributed by atoms with Crippen LogP contribution in [-0.4, -0.2) is 25.9 Å². The SMILES string of the molecule is Cc1nn(C)c(C)c1-c1cc(C(=O)O[C@@H](C)c2ccc(C#N)cc2)[nH]n1. The zero-order valence-electron chi connectivity index (χ0n) is 15.1. The molecular weight excluding hydrogens is 330 g/mol. The van der Waals surface area contributed by atoms with Gasteiger partial charge >= 0.3 is 5.97 Å². The van der Waals surface area contributed by atoms with Crippen molar-refractivity contribution in [1.29, 1.82) is 5.26 Å². The van der Waals surface area contributed by atoms with Crippen molar-refractivity contribution in [2.75, 3.05) is 0 Å². The summed E-state index contributed by atoms with van der Waals surface area (Å²) < 4.78 is 7.28. The molecule has 0 saturated heterocycles. The number of benzene rings is 1. The summed E-state index contributed by atoms with van der Waals surface area (Å²) in [4.78, 5) is 12.4. The molecule has 132 valence electrons. The van der Waals surface area contributed by atoms with Gasteiger partial charge in [0.1, 0.15) is 11.8 Å². The van der Waals surface area contributed by atoms with E-state index in [1.54, 1.807) is 41.9 Å². The van der Waals surface area contributed by atoms with Gasteiger partial charge in [-0.1, -0.05) is 12.1 Å². The highest BCUT2D eigenvalue weighted by Crippen LogP contribution is 2.26. The van der Waals surface area contributed by atoms with Crippen LogP contribution in [0.3, 0.4) is 0 Å². The fourth-order valence-electron chi connectivity index (χ4n) is 2.82. The molecule has 3 aromatic rings. The molecule has 0 aliphatic carbocycles. The Balaban J connectivity index is 1.76. The first-order valence-corrected chi connectivity index (χ1v) is 8.17. The molecule has 0 fully saturated rings. The van der Waals surface area contributed by atoms with Gasteiger partial charge in [0.15, 0.2) is 0 Å². The lowest BCUT2D eigenvalue weighted by atomic mass is 10.1. The van der Waals surface area contributed by atoms with Crippen molar-refractivity contribution in [3.8, 4) is 17.3 Å². The highest BCUT2D eigenvalue weighted by molar-refractivity contribution is 5.89. The molecule has 0 bridgehead atoms. The summed E-state index contributed by atoms with van der Waals surface area (Å²) >= 11 is 0. The number of hydrogen-bond acceptors (Lipinski definition) is 5. The van der Waals surface area contributed by atoms with Gasteiger partial charge in [-0.15, -0.1) is 0 Å². The molecule has 0 saturated carbocycles. The Kier molecular flexibility index (Phi) is 4.59. The van der Waals surface area contributed by atoms with E-state index in [1.807, 2.05) is 20.9 Å². The van der Waals surface area contributed by atoms with Gasteiger partial charge in [-0.05, 0) is 44.5 Å². The van der Waals surface area contributed by atoms with Crippen LogP contribution in [-0.2, 0) is 11.8 Å². The van der Waals surface area contributed by atoms with Gasteiger partial charge in [0.25, 0.3) is 0 Å². The summed E-state index contributed by atoms with van der Waals surface area (Å²) in [6, 6.07) is 10.7. The number of nitriles is 1. The van der Waals surface area contributed by atoms with Crippen LogP contribution in [0.4, 0.5) is 0 Å². The first-order chi connectivity index (χ1) is 12.4. The zero-order chi connectivity index (χ0) is 18.8. The molecule has 1 atom stereocenters. The van der Waals surface area contributed by atoms with Crippen LogP contribution < -0.4 is 0 Å². The van der Waals surface area contributed by atoms with Gasteiger partial charge in [-0.2, -0.15) is 15.5 Å². The summed E-state index contributed by atoms with van der Waals surface area (Å²) in [5.41, 5.74) is 5.04. The molecular formula is C19H19N5O2.